The summed E-state index contributed by atoms with van der Waals surface area (Å²) in [7, 11) is -0.816. The molecule has 0 nitrogen and oxygen atoms in total. The zero-order valence-corrected chi connectivity index (χ0v) is 61.3. The number of hydrogen-bond acceptors (Lipinski definition) is 0. The van der Waals surface area contributed by atoms with Crippen LogP contribution >= 0.6 is 13.9 Å². The first-order valence-corrected chi connectivity index (χ1v) is 43.2. The number of allylic oxidation sites excluding steroid dienone is 8. The Morgan fingerprint density at radius 1 is 0.371 bits per heavy atom. The Morgan fingerprint density at radius 3 is 1.22 bits per heavy atom. The molecule has 4 aromatic rings. The van der Waals surface area contributed by atoms with Crippen LogP contribution in [0.1, 0.15) is 296 Å². The standard InChI is InChI=1S/C87H132P2/c1-13-21-24-26-28-30-32-34-40-62-88(72-60-58-66(9)59-61-72)89(85-68(11)64-67(10)65-69(85)12,63-41-35-33-31-29-27-25-22-14-2,86-81-54-38-36-52-75(81)77(48-20-8)83(86)78-56-42-49-70(44-16-4)73(78)46-18-6)87-82-55-39-37-53-76(82)80(51-23-15-3)84(87)79-57-43-50-71(45-17-5)74(79)47-19-7/h36-39,42-43,49-50,52-61,64-65,75-77,80-84,86-87H,13-35,40-41,44-48,51,62-63H2,1-12H3. The Kier molecular flexibility index (Phi) is 28.8. The minimum atomic E-state index is -3.77. The molecular weight excluding hydrogens is 1110 g/mol. The van der Waals surface area contributed by atoms with Crippen LogP contribution in [0, 0.1) is 63.2 Å². The van der Waals surface area contributed by atoms with Crippen LogP contribution in [0.5, 0.6) is 0 Å². The molecule has 8 rings (SSSR count). The van der Waals surface area contributed by atoms with Gasteiger partial charge in [-0.2, -0.15) is 0 Å². The maximum absolute atomic E-state index is 3.77. The van der Waals surface area contributed by atoms with E-state index in [-0.39, 0.29) is 0 Å². The fraction of sp³-hybridized carbons (Fsp3) is 0.632. The number of unbranched alkanes of at least 4 members (excludes halogenated alkanes) is 17. The van der Waals surface area contributed by atoms with Crippen molar-refractivity contribution in [3.05, 3.63) is 177 Å². The zero-order chi connectivity index (χ0) is 63.2. The molecule has 0 saturated heterocycles. The summed E-state index contributed by atoms with van der Waals surface area (Å²) in [5.74, 6) is 3.98. The fourth-order valence-electron chi connectivity index (χ4n) is 20.3. The first kappa shape index (κ1) is 71.5. The van der Waals surface area contributed by atoms with Gasteiger partial charge in [0, 0.05) is 0 Å². The molecule has 0 amide bonds. The predicted molar refractivity (Wildman–Crippen MR) is 403 cm³/mol. The summed E-state index contributed by atoms with van der Waals surface area (Å²) in [5, 5.41) is 3.74. The van der Waals surface area contributed by atoms with E-state index in [2.05, 4.69) is 204 Å². The molecule has 0 radical (unpaired) electrons. The van der Waals surface area contributed by atoms with Gasteiger partial charge in [0.2, 0.25) is 0 Å². The van der Waals surface area contributed by atoms with E-state index < -0.39 is 13.9 Å². The van der Waals surface area contributed by atoms with E-state index in [1.165, 1.54) is 222 Å². The quantitative estimate of drug-likeness (QED) is 0.0308. The molecule has 2 fully saturated rings. The topological polar surface area (TPSA) is 0 Å². The summed E-state index contributed by atoms with van der Waals surface area (Å²) in [4.78, 5) is 0. The molecule has 0 bridgehead atoms. The van der Waals surface area contributed by atoms with Gasteiger partial charge in [0.05, 0.1) is 0 Å². The SMILES string of the molecule is CCCCCCCCCCCP(c1ccc(C)cc1)P(CCCCCCCCCCC)(c1c(C)cc(C)cc1C)(C1C2C=CC=CC2C(CCC)C1c1cccc(CCC)c1CCC)C1C2C=CC=CC2C(CCCC)C1c1cccc(CCC)c1CCC. The second-order valence-corrected chi connectivity index (χ2v) is 40.5. The predicted octanol–water partition coefficient (Wildman–Crippen LogP) is 26.0. The third-order valence-electron chi connectivity index (χ3n) is 23.4. The molecule has 0 N–H and O–H groups in total. The number of aryl methyl sites for hydroxylation is 6. The number of hydrogen-bond donors (Lipinski definition) is 0. The zero-order valence-electron chi connectivity index (χ0n) is 59.5. The monoisotopic (exact) mass is 1240 g/mol. The van der Waals surface area contributed by atoms with Crippen molar-refractivity contribution in [2.75, 3.05) is 12.3 Å². The van der Waals surface area contributed by atoms with E-state index in [1.807, 2.05) is 5.30 Å². The molecule has 4 aromatic carbocycles. The van der Waals surface area contributed by atoms with Crippen LogP contribution in [0.3, 0.4) is 0 Å². The van der Waals surface area contributed by atoms with Gasteiger partial charge in [-0.1, -0.05) is 0 Å². The van der Waals surface area contributed by atoms with E-state index in [0.29, 0.717) is 58.7 Å². The van der Waals surface area contributed by atoms with Crippen LogP contribution in [-0.2, 0) is 25.7 Å². The first-order valence-electron chi connectivity index (χ1n) is 38.4. The summed E-state index contributed by atoms with van der Waals surface area (Å²) in [6.45, 7) is 30.0. The van der Waals surface area contributed by atoms with Crippen molar-refractivity contribution in [3.8, 4) is 0 Å². The van der Waals surface area contributed by atoms with Crippen LogP contribution in [0.2, 0.25) is 0 Å². The normalized spacial score (nSPS) is 23.7. The number of benzene rings is 4. The van der Waals surface area contributed by atoms with E-state index in [4.69, 9.17) is 0 Å². The van der Waals surface area contributed by atoms with E-state index in [1.54, 1.807) is 49.8 Å². The fourth-order valence-corrected chi connectivity index (χ4v) is 42.9. The van der Waals surface area contributed by atoms with Gasteiger partial charge in [-0.25, -0.2) is 0 Å². The van der Waals surface area contributed by atoms with Gasteiger partial charge in [0.25, 0.3) is 0 Å². The molecule has 0 spiro atoms. The molecule has 4 aliphatic carbocycles. The van der Waals surface area contributed by atoms with Crippen molar-refractivity contribution in [1.82, 2.24) is 0 Å². The van der Waals surface area contributed by atoms with E-state index in [9.17, 15) is 0 Å². The Hall–Kier alpha value is -3.30. The van der Waals surface area contributed by atoms with E-state index >= 15 is 0 Å². The summed E-state index contributed by atoms with van der Waals surface area (Å²) in [5.41, 5.74) is 17.6. The van der Waals surface area contributed by atoms with Gasteiger partial charge in [-0.3, -0.25) is 0 Å². The van der Waals surface area contributed by atoms with Gasteiger partial charge in [0.15, 0.2) is 0 Å². The molecule has 0 heterocycles. The van der Waals surface area contributed by atoms with Crippen molar-refractivity contribution in [3.63, 3.8) is 0 Å². The van der Waals surface area contributed by atoms with Crippen molar-refractivity contribution >= 4 is 24.5 Å². The Morgan fingerprint density at radius 2 is 0.787 bits per heavy atom. The van der Waals surface area contributed by atoms with Gasteiger partial charge < -0.3 is 0 Å². The van der Waals surface area contributed by atoms with Gasteiger partial charge in [0.1, 0.15) is 0 Å². The minimum absolute atomic E-state index is 0.448. The van der Waals surface area contributed by atoms with Crippen molar-refractivity contribution < 1.29 is 0 Å². The summed E-state index contributed by atoms with van der Waals surface area (Å²) in [6, 6.07) is 32.4. The van der Waals surface area contributed by atoms with Crippen molar-refractivity contribution in [1.29, 1.82) is 0 Å². The first-order chi connectivity index (χ1) is 43.5. The van der Waals surface area contributed by atoms with Crippen LogP contribution < -0.4 is 10.6 Å². The Bertz CT molecular complexity index is 2850. The average Bonchev–Trinajstić information content (AvgIpc) is 1.61. The van der Waals surface area contributed by atoms with Gasteiger partial charge in [-0.05, 0) is 0 Å². The van der Waals surface area contributed by atoms with Crippen molar-refractivity contribution in [2.24, 2.45) is 35.5 Å². The second-order valence-electron chi connectivity index (χ2n) is 29.6. The number of fused-ring (bicyclic) bond motifs is 2. The molecule has 490 valence electrons. The summed E-state index contributed by atoms with van der Waals surface area (Å²) >= 11 is 0. The van der Waals surface area contributed by atoms with Crippen LogP contribution in [0.25, 0.3) is 0 Å². The van der Waals surface area contributed by atoms with Gasteiger partial charge >= 0.3 is 555 Å². The van der Waals surface area contributed by atoms with Gasteiger partial charge in [-0.15, -0.1) is 0 Å². The molecule has 0 aromatic heterocycles. The summed E-state index contributed by atoms with van der Waals surface area (Å²) < 4.78 is 0. The summed E-state index contributed by atoms with van der Waals surface area (Å²) in [6.07, 6.45) is 61.6. The van der Waals surface area contributed by atoms with E-state index in [0.717, 1.165) is 0 Å². The molecule has 11 unspecified atom stereocenters. The molecule has 89 heavy (non-hydrogen) atoms. The Balaban J connectivity index is 1.64. The van der Waals surface area contributed by atoms with Crippen LogP contribution in [0.4, 0.5) is 0 Å². The molecule has 11 atom stereocenters. The van der Waals surface area contributed by atoms with Crippen molar-refractivity contribution in [2.45, 2.75) is 305 Å². The van der Waals surface area contributed by atoms with Crippen LogP contribution in [0.15, 0.2) is 121 Å². The molecule has 4 aliphatic rings. The third kappa shape index (κ3) is 15.8. The Labute approximate surface area is 551 Å². The second kappa shape index (κ2) is 35.8. The maximum atomic E-state index is 2.95. The molecular formula is C87H132P2. The number of rotatable bonds is 40. The molecule has 0 aliphatic heterocycles. The third-order valence-corrected chi connectivity index (χ3v) is 40.6. The average molecular weight is 1240 g/mol. The van der Waals surface area contributed by atoms with Crippen LogP contribution in [-0.4, -0.2) is 23.6 Å². The molecule has 2 heteroatoms. The molecule has 2 saturated carbocycles.